The molecule has 0 atom stereocenters. The maximum atomic E-state index is 11.5. The minimum Gasteiger partial charge on any atom is -0.300 e. The Bertz CT molecular complexity index is 395. The molecule has 0 spiro atoms. The average Bonchev–Trinajstić information content (AvgIpc) is 2.41. The van der Waals surface area contributed by atoms with Gasteiger partial charge in [-0.2, -0.15) is 0 Å². The van der Waals surface area contributed by atoms with E-state index in [1.54, 1.807) is 0 Å². The van der Waals surface area contributed by atoms with Gasteiger partial charge in [0.1, 0.15) is 5.78 Å². The molecular formula is C17H22O. The lowest BCUT2D eigenvalue weighted by atomic mass is 10.1. The van der Waals surface area contributed by atoms with Crippen LogP contribution in [0.25, 0.3) is 0 Å². The Hall–Kier alpha value is -1.55. The highest BCUT2D eigenvalue weighted by atomic mass is 16.1. The van der Waals surface area contributed by atoms with Crippen molar-refractivity contribution in [1.29, 1.82) is 0 Å². The summed E-state index contributed by atoms with van der Waals surface area (Å²) in [4.78, 5) is 11.5. The molecule has 1 aromatic rings. The van der Waals surface area contributed by atoms with Gasteiger partial charge in [-0.05, 0) is 18.6 Å². The molecule has 0 saturated carbocycles. The van der Waals surface area contributed by atoms with E-state index < -0.39 is 0 Å². The van der Waals surface area contributed by atoms with E-state index in [4.69, 9.17) is 0 Å². The second kappa shape index (κ2) is 9.48. The van der Waals surface area contributed by atoms with Crippen LogP contribution in [0.1, 0.15) is 57.4 Å². The Balaban J connectivity index is 2.14. The summed E-state index contributed by atoms with van der Waals surface area (Å²) >= 11 is 0. The van der Waals surface area contributed by atoms with E-state index in [1.165, 1.54) is 19.3 Å². The van der Waals surface area contributed by atoms with Gasteiger partial charge in [0.25, 0.3) is 0 Å². The predicted octanol–water partition coefficient (Wildman–Crippen LogP) is 4.36. The first-order chi connectivity index (χ1) is 8.83. The van der Waals surface area contributed by atoms with Crippen molar-refractivity contribution in [2.45, 2.75) is 51.9 Å². The summed E-state index contributed by atoms with van der Waals surface area (Å²) in [6, 6.07) is 9.90. The van der Waals surface area contributed by atoms with Crippen LogP contribution < -0.4 is 0 Å². The molecule has 0 saturated heterocycles. The third kappa shape index (κ3) is 6.91. The van der Waals surface area contributed by atoms with Gasteiger partial charge in [-0.15, -0.1) is 0 Å². The second-order valence-electron chi connectivity index (χ2n) is 4.52. The smallest absolute Gasteiger partial charge is 0.133 e. The largest absolute Gasteiger partial charge is 0.300 e. The Morgan fingerprint density at radius 3 is 2.56 bits per heavy atom. The quantitative estimate of drug-likeness (QED) is 0.513. The van der Waals surface area contributed by atoms with Crippen molar-refractivity contribution in [1.82, 2.24) is 0 Å². The normalized spacial score (nSPS) is 9.61. The molecule has 1 nitrogen and oxygen atoms in total. The number of Topliss-reactive ketones (excluding diaryl/α,β-unsaturated/α-hetero) is 1. The number of carbonyl (C=O) groups excluding carboxylic acids is 1. The van der Waals surface area contributed by atoms with Crippen molar-refractivity contribution < 1.29 is 4.79 Å². The second-order valence-corrected chi connectivity index (χ2v) is 4.52. The lowest BCUT2D eigenvalue weighted by molar-refractivity contribution is -0.119. The fourth-order valence-corrected chi connectivity index (χ4v) is 1.76. The molecule has 1 aromatic carbocycles. The average molecular weight is 242 g/mol. The number of rotatable bonds is 7. The summed E-state index contributed by atoms with van der Waals surface area (Å²) < 4.78 is 0. The molecule has 18 heavy (non-hydrogen) atoms. The van der Waals surface area contributed by atoms with Crippen LogP contribution in [0.4, 0.5) is 0 Å². The van der Waals surface area contributed by atoms with Crippen LogP contribution in [-0.2, 0) is 4.79 Å². The molecule has 0 aliphatic heterocycles. The van der Waals surface area contributed by atoms with Gasteiger partial charge in [0.15, 0.2) is 0 Å². The molecule has 0 fully saturated rings. The summed E-state index contributed by atoms with van der Waals surface area (Å²) in [5, 5.41) is 0. The molecular weight excluding hydrogens is 220 g/mol. The SMILES string of the molecule is CCCCCCC(=O)CCC#Cc1ccccc1. The number of ketones is 1. The zero-order valence-electron chi connectivity index (χ0n) is 11.2. The van der Waals surface area contributed by atoms with Gasteiger partial charge in [-0.3, -0.25) is 4.79 Å². The minimum atomic E-state index is 0.355. The number of hydrogen-bond donors (Lipinski definition) is 0. The molecule has 0 bridgehead atoms. The third-order valence-electron chi connectivity index (χ3n) is 2.84. The van der Waals surface area contributed by atoms with Gasteiger partial charge < -0.3 is 0 Å². The Kier molecular flexibility index (Phi) is 7.64. The molecule has 96 valence electrons. The van der Waals surface area contributed by atoms with Gasteiger partial charge in [-0.1, -0.05) is 56.2 Å². The van der Waals surface area contributed by atoms with Crippen molar-refractivity contribution in [3.63, 3.8) is 0 Å². The highest BCUT2D eigenvalue weighted by Gasteiger charge is 1.99. The summed E-state index contributed by atoms with van der Waals surface area (Å²) in [6.45, 7) is 2.18. The number of benzene rings is 1. The van der Waals surface area contributed by atoms with E-state index in [2.05, 4.69) is 18.8 Å². The van der Waals surface area contributed by atoms with Crippen molar-refractivity contribution in [3.8, 4) is 11.8 Å². The van der Waals surface area contributed by atoms with Crippen LogP contribution in [0, 0.1) is 11.8 Å². The maximum Gasteiger partial charge on any atom is 0.133 e. The lowest BCUT2D eigenvalue weighted by Gasteiger charge is -1.97. The van der Waals surface area contributed by atoms with Crippen LogP contribution in [-0.4, -0.2) is 5.78 Å². The summed E-state index contributed by atoms with van der Waals surface area (Å²) in [5.74, 6) is 6.49. The summed E-state index contributed by atoms with van der Waals surface area (Å²) in [7, 11) is 0. The van der Waals surface area contributed by atoms with Crippen molar-refractivity contribution >= 4 is 5.78 Å². The Labute approximate surface area is 111 Å². The van der Waals surface area contributed by atoms with Gasteiger partial charge in [0, 0.05) is 24.8 Å². The number of hydrogen-bond acceptors (Lipinski definition) is 1. The van der Waals surface area contributed by atoms with E-state index in [1.807, 2.05) is 30.3 Å². The number of unbranched alkanes of at least 4 members (excludes halogenated alkanes) is 3. The third-order valence-corrected chi connectivity index (χ3v) is 2.84. The highest BCUT2D eigenvalue weighted by Crippen LogP contribution is 2.05. The number of carbonyl (C=O) groups is 1. The minimum absolute atomic E-state index is 0.355. The zero-order chi connectivity index (χ0) is 13.1. The highest BCUT2D eigenvalue weighted by molar-refractivity contribution is 5.78. The summed E-state index contributed by atoms with van der Waals surface area (Å²) in [5.41, 5.74) is 1.02. The Morgan fingerprint density at radius 1 is 1.06 bits per heavy atom. The van der Waals surface area contributed by atoms with Crippen LogP contribution >= 0.6 is 0 Å². The topological polar surface area (TPSA) is 17.1 Å². The monoisotopic (exact) mass is 242 g/mol. The maximum absolute atomic E-state index is 11.5. The first-order valence-corrected chi connectivity index (χ1v) is 6.88. The molecule has 0 aromatic heterocycles. The van der Waals surface area contributed by atoms with Crippen molar-refractivity contribution in [2.75, 3.05) is 0 Å². The van der Waals surface area contributed by atoms with Crippen molar-refractivity contribution in [2.24, 2.45) is 0 Å². The first-order valence-electron chi connectivity index (χ1n) is 6.88. The van der Waals surface area contributed by atoms with E-state index in [-0.39, 0.29) is 0 Å². The first kappa shape index (κ1) is 14.5. The lowest BCUT2D eigenvalue weighted by Crippen LogP contribution is -1.96. The zero-order valence-corrected chi connectivity index (χ0v) is 11.2. The molecule has 1 heteroatoms. The predicted molar refractivity (Wildman–Crippen MR) is 76.3 cm³/mol. The fraction of sp³-hybridized carbons (Fsp3) is 0.471. The van der Waals surface area contributed by atoms with Crippen LogP contribution in [0.3, 0.4) is 0 Å². The van der Waals surface area contributed by atoms with Crippen LogP contribution in [0.2, 0.25) is 0 Å². The van der Waals surface area contributed by atoms with Crippen LogP contribution in [0.15, 0.2) is 30.3 Å². The van der Waals surface area contributed by atoms with E-state index in [0.29, 0.717) is 18.6 Å². The van der Waals surface area contributed by atoms with Gasteiger partial charge >= 0.3 is 0 Å². The molecule has 0 radical (unpaired) electrons. The summed E-state index contributed by atoms with van der Waals surface area (Å²) in [6.07, 6.45) is 6.69. The molecule has 0 amide bonds. The molecule has 0 aliphatic carbocycles. The van der Waals surface area contributed by atoms with E-state index >= 15 is 0 Å². The Morgan fingerprint density at radius 2 is 1.83 bits per heavy atom. The van der Waals surface area contributed by atoms with Crippen LogP contribution in [0.5, 0.6) is 0 Å². The van der Waals surface area contributed by atoms with E-state index in [0.717, 1.165) is 18.4 Å². The van der Waals surface area contributed by atoms with Gasteiger partial charge in [-0.25, -0.2) is 0 Å². The standard InChI is InChI=1S/C17H22O/c1-2-3-4-8-14-17(18)15-10-9-13-16-11-6-5-7-12-16/h5-7,11-12H,2-4,8,10,14-15H2,1H3. The molecule has 0 N–H and O–H groups in total. The molecule has 0 heterocycles. The van der Waals surface area contributed by atoms with Gasteiger partial charge in [0.05, 0.1) is 0 Å². The van der Waals surface area contributed by atoms with Crippen molar-refractivity contribution in [3.05, 3.63) is 35.9 Å². The van der Waals surface area contributed by atoms with E-state index in [9.17, 15) is 4.79 Å². The van der Waals surface area contributed by atoms with Gasteiger partial charge in [0.2, 0.25) is 0 Å². The fourth-order valence-electron chi connectivity index (χ4n) is 1.76. The molecule has 1 rings (SSSR count). The molecule has 0 aliphatic rings. The molecule has 0 unspecified atom stereocenters.